The first-order chi connectivity index (χ1) is 10.5. The Kier molecular flexibility index (Phi) is 5.76. The molecule has 0 aromatic rings. The molecule has 1 N–H and O–H groups in total. The maximum Gasteiger partial charge on any atom is 0.323 e. The number of carboxylic acid groups (broad SMARTS) is 1. The van der Waals surface area contributed by atoms with Crippen LogP contribution in [0.2, 0.25) is 0 Å². The van der Waals surface area contributed by atoms with Gasteiger partial charge >= 0.3 is 5.97 Å². The van der Waals surface area contributed by atoms with Gasteiger partial charge in [-0.1, -0.05) is 12.8 Å². The number of hydrogen-bond donors (Lipinski definition) is 1. The molecule has 7 nitrogen and oxygen atoms in total. The molecule has 0 unspecified atom stereocenters. The van der Waals surface area contributed by atoms with Gasteiger partial charge in [0.1, 0.15) is 6.54 Å². The van der Waals surface area contributed by atoms with E-state index in [2.05, 4.69) is 0 Å². The number of carboxylic acids is 1. The summed E-state index contributed by atoms with van der Waals surface area (Å²) in [4.78, 5) is 38.7. The third-order valence-corrected chi connectivity index (χ3v) is 4.48. The van der Waals surface area contributed by atoms with Gasteiger partial charge in [0.05, 0.1) is 12.5 Å². The summed E-state index contributed by atoms with van der Waals surface area (Å²) >= 11 is 0. The molecule has 0 bridgehead atoms. The summed E-state index contributed by atoms with van der Waals surface area (Å²) in [5.74, 6) is -1.72. The summed E-state index contributed by atoms with van der Waals surface area (Å²) in [7, 11) is 1.50. The Labute approximate surface area is 130 Å². The zero-order valence-corrected chi connectivity index (χ0v) is 13.0. The number of methoxy groups -OCH3 is 1. The van der Waals surface area contributed by atoms with Gasteiger partial charge in [0, 0.05) is 32.7 Å². The summed E-state index contributed by atoms with van der Waals surface area (Å²) in [6.07, 6.45) is 4.47. The Morgan fingerprint density at radius 1 is 1.36 bits per heavy atom. The van der Waals surface area contributed by atoms with E-state index in [0.29, 0.717) is 6.54 Å². The van der Waals surface area contributed by atoms with Gasteiger partial charge in [0.25, 0.3) is 0 Å². The second-order valence-electron chi connectivity index (χ2n) is 6.03. The summed E-state index contributed by atoms with van der Waals surface area (Å²) in [6.45, 7) is 0.587. The molecular formula is C15H24N2O5. The van der Waals surface area contributed by atoms with E-state index in [0.717, 1.165) is 25.7 Å². The van der Waals surface area contributed by atoms with Crippen LogP contribution in [0, 0.1) is 5.92 Å². The first-order valence-electron chi connectivity index (χ1n) is 7.82. The van der Waals surface area contributed by atoms with Gasteiger partial charge in [-0.25, -0.2) is 0 Å². The van der Waals surface area contributed by atoms with Crippen LogP contribution in [0.25, 0.3) is 0 Å². The lowest BCUT2D eigenvalue weighted by atomic mass is 10.1. The highest BCUT2D eigenvalue weighted by molar-refractivity contribution is 5.90. The number of hydrogen-bond acceptors (Lipinski definition) is 4. The zero-order chi connectivity index (χ0) is 16.1. The largest absolute Gasteiger partial charge is 0.480 e. The first kappa shape index (κ1) is 16.7. The van der Waals surface area contributed by atoms with Crippen molar-refractivity contribution in [2.75, 3.05) is 33.4 Å². The summed E-state index contributed by atoms with van der Waals surface area (Å²) in [5, 5.41) is 8.94. The molecule has 1 saturated heterocycles. The average molecular weight is 312 g/mol. The van der Waals surface area contributed by atoms with E-state index in [1.165, 1.54) is 12.0 Å². The second kappa shape index (κ2) is 7.58. The van der Waals surface area contributed by atoms with Crippen LogP contribution in [0.3, 0.4) is 0 Å². The Balaban J connectivity index is 1.97. The zero-order valence-electron chi connectivity index (χ0n) is 13.0. The summed E-state index contributed by atoms with van der Waals surface area (Å²) in [6, 6.07) is 0.261. The number of carbonyl (C=O) groups excluding carboxylic acids is 2. The van der Waals surface area contributed by atoms with E-state index in [4.69, 9.17) is 9.84 Å². The molecule has 1 heterocycles. The van der Waals surface area contributed by atoms with E-state index >= 15 is 0 Å². The normalized spacial score (nSPS) is 22.3. The van der Waals surface area contributed by atoms with Crippen LogP contribution < -0.4 is 0 Å². The van der Waals surface area contributed by atoms with E-state index in [1.54, 1.807) is 0 Å². The van der Waals surface area contributed by atoms with Crippen molar-refractivity contribution in [3.63, 3.8) is 0 Å². The number of rotatable bonds is 7. The fourth-order valence-electron chi connectivity index (χ4n) is 3.36. The fourth-order valence-corrected chi connectivity index (χ4v) is 3.36. The van der Waals surface area contributed by atoms with Gasteiger partial charge < -0.3 is 19.6 Å². The molecule has 7 heteroatoms. The predicted octanol–water partition coefficient (Wildman–Crippen LogP) is 0.337. The van der Waals surface area contributed by atoms with Crippen LogP contribution in [0.1, 0.15) is 32.1 Å². The van der Waals surface area contributed by atoms with Gasteiger partial charge in [-0.15, -0.1) is 0 Å². The molecule has 1 saturated carbocycles. The van der Waals surface area contributed by atoms with Gasteiger partial charge in [0.15, 0.2) is 0 Å². The van der Waals surface area contributed by atoms with Crippen molar-refractivity contribution in [3.05, 3.63) is 0 Å². The molecular weight excluding hydrogens is 288 g/mol. The number of amides is 2. The molecule has 0 aromatic carbocycles. The highest BCUT2D eigenvalue weighted by Gasteiger charge is 2.40. The van der Waals surface area contributed by atoms with E-state index in [-0.39, 0.29) is 44.0 Å². The standard InChI is InChI=1S/C15H24N2O5/c1-22-7-6-16(10-14(19)20)15(21)11-8-13(18)17(9-11)12-4-2-3-5-12/h11-12H,2-10H2,1H3,(H,19,20)/t11-/m1/s1. The third kappa shape index (κ3) is 3.97. The summed E-state index contributed by atoms with van der Waals surface area (Å²) < 4.78 is 4.93. The lowest BCUT2D eigenvalue weighted by Crippen LogP contribution is -2.42. The van der Waals surface area contributed by atoms with Crippen molar-refractivity contribution < 1.29 is 24.2 Å². The van der Waals surface area contributed by atoms with Crippen molar-refractivity contribution >= 4 is 17.8 Å². The number of ether oxygens (including phenoxy) is 1. The maximum absolute atomic E-state index is 12.5. The van der Waals surface area contributed by atoms with Gasteiger partial charge in [-0.05, 0) is 12.8 Å². The fraction of sp³-hybridized carbons (Fsp3) is 0.800. The molecule has 124 valence electrons. The highest BCUT2D eigenvalue weighted by Crippen LogP contribution is 2.30. The van der Waals surface area contributed by atoms with Crippen molar-refractivity contribution in [1.29, 1.82) is 0 Å². The lowest BCUT2D eigenvalue weighted by molar-refractivity contribution is -0.146. The minimum atomic E-state index is -1.05. The Hall–Kier alpha value is -1.63. The molecule has 22 heavy (non-hydrogen) atoms. The molecule has 1 aliphatic heterocycles. The van der Waals surface area contributed by atoms with E-state index in [1.807, 2.05) is 4.90 Å². The molecule has 0 radical (unpaired) electrons. The number of aliphatic carboxylic acids is 1. The molecule has 0 aromatic heterocycles. The summed E-state index contributed by atoms with van der Waals surface area (Å²) in [5.41, 5.74) is 0. The molecule has 0 spiro atoms. The Morgan fingerprint density at radius 2 is 2.05 bits per heavy atom. The van der Waals surface area contributed by atoms with Crippen molar-refractivity contribution in [3.8, 4) is 0 Å². The minimum Gasteiger partial charge on any atom is -0.480 e. The smallest absolute Gasteiger partial charge is 0.323 e. The maximum atomic E-state index is 12.5. The molecule has 1 aliphatic carbocycles. The van der Waals surface area contributed by atoms with E-state index in [9.17, 15) is 14.4 Å². The number of carbonyl (C=O) groups is 3. The number of likely N-dealkylation sites (tertiary alicyclic amines) is 1. The van der Waals surface area contributed by atoms with Crippen LogP contribution in [-0.2, 0) is 19.1 Å². The van der Waals surface area contributed by atoms with Crippen LogP contribution in [0.4, 0.5) is 0 Å². The highest BCUT2D eigenvalue weighted by atomic mass is 16.5. The lowest BCUT2D eigenvalue weighted by Gasteiger charge is -2.26. The van der Waals surface area contributed by atoms with Crippen molar-refractivity contribution in [1.82, 2.24) is 9.80 Å². The first-order valence-corrected chi connectivity index (χ1v) is 7.82. The van der Waals surface area contributed by atoms with Gasteiger partial charge in [-0.3, -0.25) is 14.4 Å². The molecule has 1 atom stereocenters. The predicted molar refractivity (Wildman–Crippen MR) is 78.2 cm³/mol. The molecule has 2 aliphatic rings. The average Bonchev–Trinajstić information content (AvgIpc) is 3.11. The SMILES string of the molecule is COCCN(CC(=O)O)C(=O)[C@@H]1CC(=O)N(C2CCCC2)C1. The molecule has 2 fully saturated rings. The van der Waals surface area contributed by atoms with Crippen molar-refractivity contribution in [2.45, 2.75) is 38.1 Å². The third-order valence-electron chi connectivity index (χ3n) is 4.48. The Bertz CT molecular complexity index is 434. The quantitative estimate of drug-likeness (QED) is 0.732. The van der Waals surface area contributed by atoms with Crippen LogP contribution in [0.15, 0.2) is 0 Å². The van der Waals surface area contributed by atoms with Crippen molar-refractivity contribution in [2.24, 2.45) is 5.92 Å². The van der Waals surface area contributed by atoms with Crippen LogP contribution in [-0.4, -0.2) is 72.1 Å². The monoisotopic (exact) mass is 312 g/mol. The second-order valence-corrected chi connectivity index (χ2v) is 6.03. The van der Waals surface area contributed by atoms with Gasteiger partial charge in [-0.2, -0.15) is 0 Å². The van der Waals surface area contributed by atoms with Crippen LogP contribution in [0.5, 0.6) is 0 Å². The van der Waals surface area contributed by atoms with Crippen LogP contribution >= 0.6 is 0 Å². The molecule has 2 amide bonds. The topological polar surface area (TPSA) is 87.1 Å². The number of nitrogens with zero attached hydrogens (tertiary/aromatic N) is 2. The van der Waals surface area contributed by atoms with Gasteiger partial charge in [0.2, 0.25) is 11.8 Å². The van der Waals surface area contributed by atoms with E-state index < -0.39 is 11.9 Å². The Morgan fingerprint density at radius 3 is 2.64 bits per heavy atom. The molecule has 2 rings (SSSR count). The minimum absolute atomic E-state index is 0.0206.